The number of rotatable bonds is 8. The number of hydrazone groups is 1. The van der Waals surface area contributed by atoms with Gasteiger partial charge in [0.15, 0.2) is 0 Å². The number of halogens is 1. The van der Waals surface area contributed by atoms with Crippen molar-refractivity contribution in [3.05, 3.63) is 58.1 Å². The molecule has 1 heterocycles. The van der Waals surface area contributed by atoms with Gasteiger partial charge in [-0.05, 0) is 42.9 Å². The Morgan fingerprint density at radius 3 is 2.43 bits per heavy atom. The summed E-state index contributed by atoms with van der Waals surface area (Å²) in [7, 11) is 3.25. The van der Waals surface area contributed by atoms with Crippen molar-refractivity contribution < 1.29 is 14.3 Å². The Morgan fingerprint density at radius 2 is 1.83 bits per heavy atom. The van der Waals surface area contributed by atoms with Crippen LogP contribution in [-0.2, 0) is 4.79 Å². The smallest absolute Gasteiger partial charge is 0.257 e. The maximum absolute atomic E-state index is 13.2. The van der Waals surface area contributed by atoms with E-state index in [1.54, 1.807) is 19.2 Å². The van der Waals surface area contributed by atoms with Gasteiger partial charge in [0.25, 0.3) is 5.91 Å². The van der Waals surface area contributed by atoms with Gasteiger partial charge in [0.05, 0.1) is 32.5 Å². The quantitative estimate of drug-likeness (QED) is 0.566. The Labute approximate surface area is 186 Å². The highest BCUT2D eigenvalue weighted by Gasteiger charge is 2.35. The third kappa shape index (κ3) is 4.84. The van der Waals surface area contributed by atoms with Crippen LogP contribution < -0.4 is 9.47 Å². The number of ether oxygens (including phenoxy) is 2. The summed E-state index contributed by atoms with van der Waals surface area (Å²) in [5.41, 5.74) is 2.81. The Balaban J connectivity index is 1.98. The van der Waals surface area contributed by atoms with E-state index in [1.807, 2.05) is 42.5 Å². The van der Waals surface area contributed by atoms with Gasteiger partial charge in [-0.2, -0.15) is 5.10 Å². The van der Waals surface area contributed by atoms with E-state index < -0.39 is 0 Å². The summed E-state index contributed by atoms with van der Waals surface area (Å²) in [5, 5.41) is 6.38. The van der Waals surface area contributed by atoms with Gasteiger partial charge < -0.3 is 9.47 Å². The van der Waals surface area contributed by atoms with Gasteiger partial charge in [0.2, 0.25) is 0 Å². The molecule has 1 aliphatic rings. The van der Waals surface area contributed by atoms with Crippen LogP contribution in [0.1, 0.15) is 37.4 Å². The highest BCUT2D eigenvalue weighted by atomic mass is 79.9. The zero-order valence-electron chi connectivity index (χ0n) is 17.9. The third-order valence-electron chi connectivity index (χ3n) is 5.40. The lowest BCUT2D eigenvalue weighted by molar-refractivity contribution is -0.134. The Bertz CT molecular complexity index is 910. The molecule has 1 atom stereocenters. The number of likely N-dealkylation sites (N-methyl/N-ethyl adjacent to an activating group) is 1. The van der Waals surface area contributed by atoms with Crippen molar-refractivity contribution in [2.45, 2.75) is 26.3 Å². The SMILES string of the molecule is CCN(CC)CC(=O)N1N=C(c2ccc(Br)cc2)CC1c1ccc(OC)cc1OC. The van der Waals surface area contributed by atoms with E-state index in [4.69, 9.17) is 14.6 Å². The Kier molecular flexibility index (Phi) is 7.50. The Morgan fingerprint density at radius 1 is 1.13 bits per heavy atom. The van der Waals surface area contributed by atoms with Crippen molar-refractivity contribution in [1.82, 2.24) is 9.91 Å². The van der Waals surface area contributed by atoms with E-state index in [2.05, 4.69) is 34.7 Å². The van der Waals surface area contributed by atoms with Gasteiger partial charge in [-0.25, -0.2) is 5.01 Å². The topological polar surface area (TPSA) is 54.4 Å². The first-order valence-electron chi connectivity index (χ1n) is 10.1. The number of hydrogen-bond donors (Lipinski definition) is 0. The molecular weight excluding hydrogens is 446 g/mol. The molecule has 1 aliphatic heterocycles. The molecular formula is C23H28BrN3O3. The lowest BCUT2D eigenvalue weighted by Gasteiger charge is -2.26. The molecule has 7 heteroatoms. The van der Waals surface area contributed by atoms with Crippen molar-refractivity contribution >= 4 is 27.5 Å². The lowest BCUT2D eigenvalue weighted by atomic mass is 9.97. The average Bonchev–Trinajstić information content (AvgIpc) is 3.22. The number of methoxy groups -OCH3 is 2. The first kappa shape index (κ1) is 22.3. The van der Waals surface area contributed by atoms with Crippen LogP contribution in [0.5, 0.6) is 11.5 Å². The summed E-state index contributed by atoms with van der Waals surface area (Å²) >= 11 is 3.47. The zero-order valence-corrected chi connectivity index (χ0v) is 19.5. The first-order chi connectivity index (χ1) is 14.5. The van der Waals surface area contributed by atoms with Gasteiger partial charge in [-0.1, -0.05) is 41.9 Å². The van der Waals surface area contributed by atoms with Crippen LogP contribution in [0.25, 0.3) is 0 Å². The van der Waals surface area contributed by atoms with Crippen LogP contribution in [-0.4, -0.2) is 55.4 Å². The molecule has 0 aromatic heterocycles. The second kappa shape index (κ2) is 10.1. The fourth-order valence-electron chi connectivity index (χ4n) is 3.60. The monoisotopic (exact) mass is 473 g/mol. The fraction of sp³-hybridized carbons (Fsp3) is 0.391. The predicted molar refractivity (Wildman–Crippen MR) is 122 cm³/mol. The largest absolute Gasteiger partial charge is 0.497 e. The van der Waals surface area contributed by atoms with E-state index in [0.29, 0.717) is 24.5 Å². The number of benzene rings is 2. The highest BCUT2D eigenvalue weighted by Crippen LogP contribution is 2.39. The van der Waals surface area contributed by atoms with Crippen molar-refractivity contribution in [3.8, 4) is 11.5 Å². The normalized spacial score (nSPS) is 16.0. The molecule has 2 aromatic carbocycles. The maximum atomic E-state index is 13.2. The molecule has 0 N–H and O–H groups in total. The van der Waals surface area contributed by atoms with Gasteiger partial charge in [-0.15, -0.1) is 0 Å². The molecule has 0 bridgehead atoms. The standard InChI is InChI=1S/C23H28BrN3O3/c1-5-26(6-2)15-23(28)27-21(19-12-11-18(29-3)13-22(19)30-4)14-20(25-27)16-7-9-17(24)10-8-16/h7-13,21H,5-6,14-15H2,1-4H3. The predicted octanol–water partition coefficient (Wildman–Crippen LogP) is 4.49. The summed E-state index contributed by atoms with van der Waals surface area (Å²) in [5.74, 6) is 1.38. The lowest BCUT2D eigenvalue weighted by Crippen LogP contribution is -2.38. The van der Waals surface area contributed by atoms with Crippen molar-refractivity contribution in [1.29, 1.82) is 0 Å². The molecule has 1 unspecified atom stereocenters. The number of nitrogens with zero attached hydrogens (tertiary/aromatic N) is 3. The minimum absolute atomic E-state index is 0.0197. The molecule has 0 aliphatic carbocycles. The minimum Gasteiger partial charge on any atom is -0.497 e. The van der Waals surface area contributed by atoms with Crippen LogP contribution in [0.3, 0.4) is 0 Å². The summed E-state index contributed by atoms with van der Waals surface area (Å²) in [6.07, 6.45) is 0.619. The maximum Gasteiger partial charge on any atom is 0.257 e. The first-order valence-corrected chi connectivity index (χ1v) is 10.9. The minimum atomic E-state index is -0.229. The van der Waals surface area contributed by atoms with Gasteiger partial charge in [-0.3, -0.25) is 9.69 Å². The molecule has 0 saturated carbocycles. The van der Waals surface area contributed by atoms with Crippen molar-refractivity contribution in [2.24, 2.45) is 5.10 Å². The average molecular weight is 474 g/mol. The molecule has 6 nitrogen and oxygen atoms in total. The Hall–Kier alpha value is -2.38. The number of hydrogen-bond acceptors (Lipinski definition) is 5. The zero-order chi connectivity index (χ0) is 21.7. The van der Waals surface area contributed by atoms with Crippen LogP contribution in [0, 0.1) is 0 Å². The number of carbonyl (C=O) groups is 1. The molecule has 0 fully saturated rings. The van der Waals surface area contributed by atoms with Crippen molar-refractivity contribution in [3.63, 3.8) is 0 Å². The third-order valence-corrected chi connectivity index (χ3v) is 5.92. The van der Waals surface area contributed by atoms with Crippen LogP contribution in [0.4, 0.5) is 0 Å². The van der Waals surface area contributed by atoms with Crippen LogP contribution in [0.2, 0.25) is 0 Å². The molecule has 0 spiro atoms. The molecule has 3 rings (SSSR count). The molecule has 160 valence electrons. The summed E-state index contributed by atoms with van der Waals surface area (Å²) in [6, 6.07) is 13.5. The summed E-state index contributed by atoms with van der Waals surface area (Å²) in [4.78, 5) is 15.3. The summed E-state index contributed by atoms with van der Waals surface area (Å²) in [6.45, 7) is 6.08. The fourth-order valence-corrected chi connectivity index (χ4v) is 3.87. The molecule has 30 heavy (non-hydrogen) atoms. The van der Waals surface area contributed by atoms with E-state index in [-0.39, 0.29) is 11.9 Å². The molecule has 0 saturated heterocycles. The van der Waals surface area contributed by atoms with E-state index >= 15 is 0 Å². The van der Waals surface area contributed by atoms with Gasteiger partial charge >= 0.3 is 0 Å². The second-order valence-corrected chi connectivity index (χ2v) is 8.00. The van der Waals surface area contributed by atoms with E-state index in [9.17, 15) is 4.79 Å². The summed E-state index contributed by atoms with van der Waals surface area (Å²) < 4.78 is 12.0. The molecule has 0 radical (unpaired) electrons. The van der Waals surface area contributed by atoms with Crippen LogP contribution in [0.15, 0.2) is 52.0 Å². The van der Waals surface area contributed by atoms with Crippen LogP contribution >= 0.6 is 15.9 Å². The molecule has 2 aromatic rings. The van der Waals surface area contributed by atoms with Gasteiger partial charge in [0.1, 0.15) is 11.5 Å². The van der Waals surface area contributed by atoms with Crippen molar-refractivity contribution in [2.75, 3.05) is 33.9 Å². The molecule has 1 amide bonds. The number of amides is 1. The van der Waals surface area contributed by atoms with E-state index in [0.717, 1.165) is 34.4 Å². The highest BCUT2D eigenvalue weighted by molar-refractivity contribution is 9.10. The second-order valence-electron chi connectivity index (χ2n) is 7.08. The van der Waals surface area contributed by atoms with E-state index in [1.165, 1.54) is 0 Å². The number of carbonyl (C=O) groups excluding carboxylic acids is 1. The van der Waals surface area contributed by atoms with Gasteiger partial charge in [0, 0.05) is 22.5 Å².